The van der Waals surface area contributed by atoms with Gasteiger partial charge in [-0.15, -0.1) is 0 Å². The van der Waals surface area contributed by atoms with E-state index in [0.29, 0.717) is 48.3 Å². The lowest BCUT2D eigenvalue weighted by molar-refractivity contribution is 0.0195. The number of hydrogen-bond acceptors (Lipinski definition) is 9. The van der Waals surface area contributed by atoms with Gasteiger partial charge in [0.1, 0.15) is 29.5 Å². The molecule has 49 heavy (non-hydrogen) atoms. The number of aromatic amines is 1. The summed E-state index contributed by atoms with van der Waals surface area (Å²) in [5.74, 6) is 1.29. The average Bonchev–Trinajstić information content (AvgIpc) is 3.58. The first-order valence-electron chi connectivity index (χ1n) is 16.6. The van der Waals surface area contributed by atoms with Crippen molar-refractivity contribution in [3.63, 3.8) is 0 Å². The van der Waals surface area contributed by atoms with E-state index in [4.69, 9.17) is 14.2 Å². The standard InChI is InChI=1S/C39H41NO9/c1-47-36-15-25(13-23(38(36)46)3-2-10-41)39-33(45)17-30-31-14-24(12-21-4-7-32-22(11-21)8-9-40-32)29-16-26(44)5-6-28(29)37(31)35(18-34(30)49-39)48-27(19-42)20-43/h4-9,11,13,15-16,18,24,27,33,39-46H,2-3,10,12,14,17,19-20H2,1H3. The second-order valence-corrected chi connectivity index (χ2v) is 13.0. The predicted octanol–water partition coefficient (Wildman–Crippen LogP) is 4.83. The lowest BCUT2D eigenvalue weighted by Crippen LogP contribution is -2.32. The molecule has 2 heterocycles. The molecule has 1 aromatic heterocycles. The molecule has 0 radical (unpaired) electrons. The van der Waals surface area contributed by atoms with Gasteiger partial charge in [0.15, 0.2) is 11.5 Å². The van der Waals surface area contributed by atoms with Crippen molar-refractivity contribution >= 4 is 10.9 Å². The van der Waals surface area contributed by atoms with E-state index in [1.807, 2.05) is 18.3 Å². The molecule has 0 fully saturated rings. The summed E-state index contributed by atoms with van der Waals surface area (Å²) in [6.45, 7) is -0.842. The molecule has 0 bridgehead atoms. The zero-order chi connectivity index (χ0) is 34.2. The van der Waals surface area contributed by atoms with Crippen molar-refractivity contribution < 1.29 is 44.8 Å². The van der Waals surface area contributed by atoms with Gasteiger partial charge in [-0.1, -0.05) is 12.1 Å². The number of hydrogen-bond donors (Lipinski definition) is 7. The van der Waals surface area contributed by atoms with E-state index in [2.05, 4.69) is 23.2 Å². The van der Waals surface area contributed by atoms with Crippen LogP contribution in [-0.2, 0) is 25.7 Å². The van der Waals surface area contributed by atoms with Crippen LogP contribution in [0.15, 0.2) is 66.9 Å². The summed E-state index contributed by atoms with van der Waals surface area (Å²) in [5, 5.41) is 63.5. The van der Waals surface area contributed by atoms with Gasteiger partial charge in [-0.25, -0.2) is 0 Å². The van der Waals surface area contributed by atoms with Crippen molar-refractivity contribution in [1.29, 1.82) is 0 Å². The molecule has 10 nitrogen and oxygen atoms in total. The number of nitrogens with one attached hydrogen (secondary N) is 1. The van der Waals surface area contributed by atoms with E-state index in [-0.39, 0.29) is 36.2 Å². The summed E-state index contributed by atoms with van der Waals surface area (Å²) < 4.78 is 18.3. The number of benzene rings is 4. The fourth-order valence-corrected chi connectivity index (χ4v) is 7.44. The molecule has 0 amide bonds. The molecule has 5 aromatic rings. The molecule has 0 saturated heterocycles. The fraction of sp³-hybridized carbons (Fsp3) is 0.333. The Bertz CT molecular complexity index is 1980. The quantitative estimate of drug-likeness (QED) is 0.105. The number of fused-ring (bicyclic) bond motifs is 6. The van der Waals surface area contributed by atoms with Crippen LogP contribution < -0.4 is 14.2 Å². The molecule has 7 N–H and O–H groups in total. The van der Waals surface area contributed by atoms with Gasteiger partial charge < -0.3 is 49.8 Å². The van der Waals surface area contributed by atoms with E-state index in [9.17, 15) is 30.6 Å². The zero-order valence-corrected chi connectivity index (χ0v) is 27.2. The van der Waals surface area contributed by atoms with Gasteiger partial charge in [0.2, 0.25) is 0 Å². The van der Waals surface area contributed by atoms with Crippen LogP contribution in [-0.4, -0.2) is 74.8 Å². The van der Waals surface area contributed by atoms with Crippen molar-refractivity contribution in [3.8, 4) is 39.9 Å². The summed E-state index contributed by atoms with van der Waals surface area (Å²) in [5.41, 5.74) is 7.78. The molecular formula is C39H41NO9. The molecule has 2 aliphatic rings. The van der Waals surface area contributed by atoms with Crippen LogP contribution in [0.25, 0.3) is 22.0 Å². The van der Waals surface area contributed by atoms with Gasteiger partial charge in [-0.2, -0.15) is 0 Å². The Hall–Kier alpha value is -4.74. The van der Waals surface area contributed by atoms with E-state index in [1.54, 1.807) is 30.3 Å². The van der Waals surface area contributed by atoms with E-state index in [0.717, 1.165) is 44.3 Å². The van der Waals surface area contributed by atoms with Crippen molar-refractivity contribution in [3.05, 3.63) is 100 Å². The summed E-state index contributed by atoms with van der Waals surface area (Å²) in [7, 11) is 1.46. The Balaban J connectivity index is 1.34. The Labute approximate surface area is 283 Å². The molecule has 4 aromatic carbocycles. The second kappa shape index (κ2) is 13.6. The first-order chi connectivity index (χ1) is 23.8. The Morgan fingerprint density at radius 2 is 1.76 bits per heavy atom. The van der Waals surface area contributed by atoms with Crippen LogP contribution in [0.4, 0.5) is 0 Å². The van der Waals surface area contributed by atoms with Gasteiger partial charge in [-0.05, 0) is 113 Å². The minimum Gasteiger partial charge on any atom is -0.508 e. The van der Waals surface area contributed by atoms with E-state index in [1.165, 1.54) is 7.11 Å². The molecule has 256 valence electrons. The number of phenolic OH excluding ortho intramolecular Hbond substituents is 2. The number of aliphatic hydroxyl groups excluding tert-OH is 4. The lowest BCUT2D eigenvalue weighted by Gasteiger charge is -2.37. The van der Waals surface area contributed by atoms with Gasteiger partial charge in [0.05, 0.1) is 26.4 Å². The average molecular weight is 668 g/mol. The number of methoxy groups -OCH3 is 1. The first kappa shape index (κ1) is 32.8. The van der Waals surface area contributed by atoms with E-state index >= 15 is 0 Å². The highest BCUT2D eigenvalue weighted by molar-refractivity contribution is 5.83. The molecule has 3 atom stereocenters. The van der Waals surface area contributed by atoms with Crippen LogP contribution in [0.2, 0.25) is 0 Å². The smallest absolute Gasteiger partial charge is 0.161 e. The highest BCUT2D eigenvalue weighted by Crippen LogP contribution is 2.52. The molecule has 0 saturated carbocycles. The number of ether oxygens (including phenoxy) is 3. The monoisotopic (exact) mass is 667 g/mol. The summed E-state index contributed by atoms with van der Waals surface area (Å²) in [6, 6.07) is 18.9. The maximum Gasteiger partial charge on any atom is 0.161 e. The van der Waals surface area contributed by atoms with Gasteiger partial charge in [0, 0.05) is 41.9 Å². The zero-order valence-electron chi connectivity index (χ0n) is 27.2. The third-order valence-electron chi connectivity index (χ3n) is 9.81. The Kier molecular flexibility index (Phi) is 9.13. The Morgan fingerprint density at radius 3 is 2.53 bits per heavy atom. The topological polar surface area (TPSA) is 165 Å². The number of H-pyrrole nitrogens is 1. The number of aliphatic hydroxyl groups is 4. The third-order valence-corrected chi connectivity index (χ3v) is 9.81. The molecule has 10 heteroatoms. The van der Waals surface area contributed by atoms with Crippen LogP contribution in [0.5, 0.6) is 28.7 Å². The lowest BCUT2D eigenvalue weighted by atomic mass is 9.73. The summed E-state index contributed by atoms with van der Waals surface area (Å²) >= 11 is 0. The molecule has 3 unspecified atom stereocenters. The molecule has 1 aliphatic carbocycles. The van der Waals surface area contributed by atoms with Crippen molar-refractivity contribution in [2.45, 2.75) is 56.3 Å². The molecule has 1 aliphatic heterocycles. The minimum atomic E-state index is -0.943. The normalized spacial score (nSPS) is 18.1. The minimum absolute atomic E-state index is 0.0133. The highest BCUT2D eigenvalue weighted by atomic mass is 16.5. The SMILES string of the molecule is COc1cc(C2Oc3cc(OC(CO)CO)c4c(c3CC2O)CC(Cc2ccc3[nH]ccc3c2)c2cc(O)ccc2-4)cc(CCCO)c1O. The highest BCUT2D eigenvalue weighted by Gasteiger charge is 2.38. The van der Waals surface area contributed by atoms with Crippen LogP contribution in [0.3, 0.4) is 0 Å². The third kappa shape index (κ3) is 6.17. The van der Waals surface area contributed by atoms with Gasteiger partial charge >= 0.3 is 0 Å². The number of aromatic hydroxyl groups is 2. The van der Waals surface area contributed by atoms with Gasteiger partial charge in [0.25, 0.3) is 0 Å². The van der Waals surface area contributed by atoms with Crippen LogP contribution in [0, 0.1) is 0 Å². The van der Waals surface area contributed by atoms with Gasteiger partial charge in [-0.3, -0.25) is 0 Å². The largest absolute Gasteiger partial charge is 0.508 e. The number of rotatable bonds is 11. The fourth-order valence-electron chi connectivity index (χ4n) is 7.44. The summed E-state index contributed by atoms with van der Waals surface area (Å²) in [4.78, 5) is 3.24. The first-order valence-corrected chi connectivity index (χ1v) is 16.6. The summed E-state index contributed by atoms with van der Waals surface area (Å²) in [6.07, 6.45) is 1.69. The van der Waals surface area contributed by atoms with Crippen molar-refractivity contribution in [1.82, 2.24) is 4.98 Å². The molecule has 0 spiro atoms. The maximum atomic E-state index is 11.7. The number of aromatic nitrogens is 1. The molecule has 7 rings (SSSR count). The van der Waals surface area contributed by atoms with Crippen molar-refractivity contribution in [2.24, 2.45) is 0 Å². The van der Waals surface area contributed by atoms with Crippen molar-refractivity contribution in [2.75, 3.05) is 26.9 Å². The maximum absolute atomic E-state index is 11.7. The molecular weight excluding hydrogens is 626 g/mol. The second-order valence-electron chi connectivity index (χ2n) is 13.0. The predicted molar refractivity (Wildman–Crippen MR) is 184 cm³/mol. The number of aryl methyl sites for hydroxylation is 1. The Morgan fingerprint density at radius 1 is 0.918 bits per heavy atom. The van der Waals surface area contributed by atoms with Crippen LogP contribution >= 0.6 is 0 Å². The van der Waals surface area contributed by atoms with E-state index < -0.39 is 31.5 Å². The number of phenols is 2. The van der Waals surface area contributed by atoms with Crippen LogP contribution in [0.1, 0.15) is 51.8 Å².